The molecule has 2 amide bonds. The third-order valence-corrected chi connectivity index (χ3v) is 8.87. The second-order valence-electron chi connectivity index (χ2n) is 12.2. The molecule has 1 unspecified atom stereocenters. The molecule has 3 aliphatic rings. The summed E-state index contributed by atoms with van der Waals surface area (Å²) in [6.45, 7) is 9.20. The fraction of sp³-hybridized carbons (Fsp3) is 0.452. The molecule has 3 aromatic rings. The number of methoxy groups -OCH3 is 1. The van der Waals surface area contributed by atoms with Gasteiger partial charge in [-0.05, 0) is 44.3 Å². The molecule has 2 aromatic carbocycles. The summed E-state index contributed by atoms with van der Waals surface area (Å²) in [5.41, 5.74) is 2.44. The molecule has 12 heteroatoms. The Bertz CT molecular complexity index is 1450. The average molecular weight is 588 g/mol. The number of aromatic nitrogens is 2. The van der Waals surface area contributed by atoms with Crippen molar-refractivity contribution < 1.29 is 33.1 Å². The van der Waals surface area contributed by atoms with E-state index < -0.39 is 42.3 Å². The highest BCUT2D eigenvalue weighted by molar-refractivity contribution is 6.62. The first-order valence-electron chi connectivity index (χ1n) is 14.5. The molecule has 3 saturated heterocycles. The van der Waals surface area contributed by atoms with E-state index in [2.05, 4.69) is 15.3 Å². The van der Waals surface area contributed by atoms with Crippen molar-refractivity contribution in [2.24, 2.45) is 0 Å². The maximum absolute atomic E-state index is 14.1. The molecule has 0 aliphatic carbocycles. The molecule has 1 aromatic heterocycles. The molecular weight excluding hydrogens is 551 g/mol. The zero-order valence-electron chi connectivity index (χ0n) is 25.1. The molecule has 0 bridgehead atoms. The van der Waals surface area contributed by atoms with Gasteiger partial charge in [0, 0.05) is 6.42 Å². The molecule has 43 heavy (non-hydrogen) atoms. The number of aromatic amines is 1. The molecule has 4 heterocycles. The first-order chi connectivity index (χ1) is 20.5. The Morgan fingerprint density at radius 2 is 1.67 bits per heavy atom. The van der Waals surface area contributed by atoms with E-state index >= 15 is 0 Å². The molecule has 3 fully saturated rings. The van der Waals surface area contributed by atoms with Gasteiger partial charge in [-0.2, -0.15) is 0 Å². The van der Waals surface area contributed by atoms with Gasteiger partial charge in [0.15, 0.2) is 5.79 Å². The van der Waals surface area contributed by atoms with Crippen molar-refractivity contribution in [1.29, 1.82) is 0 Å². The fourth-order valence-electron chi connectivity index (χ4n) is 5.75. The van der Waals surface area contributed by atoms with Crippen LogP contribution in [0.25, 0.3) is 11.3 Å². The fourth-order valence-corrected chi connectivity index (χ4v) is 5.75. The van der Waals surface area contributed by atoms with Crippen LogP contribution >= 0.6 is 0 Å². The van der Waals surface area contributed by atoms with Gasteiger partial charge in [0.25, 0.3) is 5.91 Å². The summed E-state index contributed by atoms with van der Waals surface area (Å²) in [6, 6.07) is 15.6. The van der Waals surface area contributed by atoms with Crippen LogP contribution in [0.15, 0.2) is 60.8 Å². The quantitative estimate of drug-likeness (QED) is 0.420. The van der Waals surface area contributed by atoms with Gasteiger partial charge in [0.2, 0.25) is 0 Å². The van der Waals surface area contributed by atoms with Crippen LogP contribution in [-0.4, -0.2) is 77.8 Å². The van der Waals surface area contributed by atoms with Crippen LogP contribution in [0.3, 0.4) is 0 Å². The third kappa shape index (κ3) is 5.56. The number of carbonyl (C=O) groups is 2. The maximum Gasteiger partial charge on any atom is 0.494 e. The number of hydrogen-bond donors (Lipinski definition) is 2. The van der Waals surface area contributed by atoms with E-state index in [-0.39, 0.29) is 12.5 Å². The van der Waals surface area contributed by atoms with Gasteiger partial charge in [-0.1, -0.05) is 54.6 Å². The van der Waals surface area contributed by atoms with Crippen molar-refractivity contribution in [3.8, 4) is 11.3 Å². The zero-order chi connectivity index (χ0) is 30.4. The average Bonchev–Trinajstić information content (AvgIpc) is 3.79. The van der Waals surface area contributed by atoms with Crippen LogP contribution in [0.2, 0.25) is 0 Å². The van der Waals surface area contributed by atoms with Crippen LogP contribution in [-0.2, 0) is 28.3 Å². The van der Waals surface area contributed by atoms with Crippen molar-refractivity contribution in [3.05, 3.63) is 72.2 Å². The van der Waals surface area contributed by atoms with Crippen LogP contribution in [0.1, 0.15) is 57.6 Å². The summed E-state index contributed by atoms with van der Waals surface area (Å²) >= 11 is 0. The number of amides is 2. The lowest BCUT2D eigenvalue weighted by atomic mass is 9.79. The number of alkyl carbamates (subject to hydrolysis) is 1. The normalized spacial score (nSPS) is 22.6. The summed E-state index contributed by atoms with van der Waals surface area (Å²) in [7, 11) is 0.815. The number of benzene rings is 2. The Balaban J connectivity index is 1.26. The molecule has 11 nitrogen and oxygen atoms in total. The molecule has 0 radical (unpaired) electrons. The van der Waals surface area contributed by atoms with Gasteiger partial charge in [0.1, 0.15) is 11.9 Å². The van der Waals surface area contributed by atoms with Crippen LogP contribution in [0.5, 0.6) is 0 Å². The van der Waals surface area contributed by atoms with Crippen molar-refractivity contribution in [2.45, 2.75) is 63.2 Å². The Morgan fingerprint density at radius 3 is 2.30 bits per heavy atom. The van der Waals surface area contributed by atoms with E-state index in [1.54, 1.807) is 23.2 Å². The molecule has 3 aliphatic heterocycles. The zero-order valence-corrected chi connectivity index (χ0v) is 25.1. The summed E-state index contributed by atoms with van der Waals surface area (Å²) in [5, 5.41) is 2.70. The lowest BCUT2D eigenvalue weighted by Crippen LogP contribution is -2.44. The van der Waals surface area contributed by atoms with Crippen molar-refractivity contribution in [1.82, 2.24) is 20.2 Å². The van der Waals surface area contributed by atoms with Gasteiger partial charge in [0.05, 0.1) is 56.0 Å². The smallest absolute Gasteiger partial charge is 0.453 e. The van der Waals surface area contributed by atoms with Crippen molar-refractivity contribution in [2.75, 3.05) is 26.9 Å². The minimum Gasteiger partial charge on any atom is -0.453 e. The number of imidazole rings is 1. The molecule has 2 N–H and O–H groups in total. The highest BCUT2D eigenvalue weighted by Crippen LogP contribution is 2.43. The Labute approximate surface area is 251 Å². The largest absolute Gasteiger partial charge is 0.494 e. The second-order valence-corrected chi connectivity index (χ2v) is 12.2. The van der Waals surface area contributed by atoms with Gasteiger partial charge in [-0.15, -0.1) is 0 Å². The number of H-pyrrole nitrogens is 1. The Morgan fingerprint density at radius 1 is 1.02 bits per heavy atom. The molecule has 1 spiro atoms. The van der Waals surface area contributed by atoms with Gasteiger partial charge in [-0.3, -0.25) is 4.79 Å². The summed E-state index contributed by atoms with van der Waals surface area (Å²) in [4.78, 5) is 36.2. The molecular formula is C31H37BN4O7. The minimum absolute atomic E-state index is 0.196. The minimum atomic E-state index is -0.968. The second kappa shape index (κ2) is 11.1. The third-order valence-electron chi connectivity index (χ3n) is 8.87. The van der Waals surface area contributed by atoms with Gasteiger partial charge >= 0.3 is 13.2 Å². The van der Waals surface area contributed by atoms with E-state index in [0.717, 1.165) is 16.7 Å². The number of ether oxygens (including phenoxy) is 3. The van der Waals surface area contributed by atoms with E-state index in [9.17, 15) is 9.59 Å². The first kappa shape index (κ1) is 29.4. The van der Waals surface area contributed by atoms with E-state index in [0.29, 0.717) is 31.0 Å². The van der Waals surface area contributed by atoms with Crippen LogP contribution in [0.4, 0.5) is 4.79 Å². The lowest BCUT2D eigenvalue weighted by Gasteiger charge is -2.32. The summed E-state index contributed by atoms with van der Waals surface area (Å²) in [6.07, 6.45) is 1.45. The Hall–Kier alpha value is -3.71. The predicted molar refractivity (Wildman–Crippen MR) is 158 cm³/mol. The lowest BCUT2D eigenvalue weighted by molar-refractivity contribution is -0.153. The SMILES string of the molecule is COC(=O)N[C@@H](C(=O)N1CC2(CC1c1ncc(-c3ccc(B4OC(C)(C)C(C)(C)O4)cc3)[nH]1)OCCO2)c1ccccc1. The maximum atomic E-state index is 14.1. The van der Waals surface area contributed by atoms with Gasteiger partial charge in [-0.25, -0.2) is 9.78 Å². The van der Waals surface area contributed by atoms with Crippen LogP contribution < -0.4 is 10.8 Å². The Kier molecular flexibility index (Phi) is 7.58. The van der Waals surface area contributed by atoms with Gasteiger partial charge < -0.3 is 38.7 Å². The number of nitrogens with zero attached hydrogens (tertiary/aromatic N) is 2. The number of nitrogens with one attached hydrogen (secondary N) is 2. The predicted octanol–water partition coefficient (Wildman–Crippen LogP) is 3.49. The van der Waals surface area contributed by atoms with Crippen molar-refractivity contribution in [3.63, 3.8) is 0 Å². The summed E-state index contributed by atoms with van der Waals surface area (Å²) < 4.78 is 29.2. The molecule has 6 rings (SSSR count). The van der Waals surface area contributed by atoms with Crippen LogP contribution in [0, 0.1) is 0 Å². The number of likely N-dealkylation sites (tertiary alicyclic amines) is 1. The number of carbonyl (C=O) groups excluding carboxylic acids is 2. The highest BCUT2D eigenvalue weighted by atomic mass is 16.7. The number of rotatable bonds is 6. The topological polar surface area (TPSA) is 124 Å². The van der Waals surface area contributed by atoms with E-state index in [4.69, 9.17) is 23.5 Å². The molecule has 2 atom stereocenters. The monoisotopic (exact) mass is 588 g/mol. The van der Waals surface area contributed by atoms with E-state index in [1.165, 1.54) is 7.11 Å². The highest BCUT2D eigenvalue weighted by Gasteiger charge is 2.53. The van der Waals surface area contributed by atoms with E-state index in [1.807, 2.05) is 70.2 Å². The van der Waals surface area contributed by atoms with Crippen molar-refractivity contribution >= 4 is 24.6 Å². The molecule has 0 saturated carbocycles. The molecule has 226 valence electrons. The number of hydrogen-bond acceptors (Lipinski definition) is 8. The standard InChI is InChI=1S/C31H37BN4O7/c1-29(2)30(3,4)43-32(42-29)22-13-11-20(12-14-22)23-18-33-26(34-23)24-17-31(40-15-16-41-31)19-36(24)27(37)25(35-28(38)39-5)21-9-7-6-8-10-21/h6-14,18,24-25H,15-17,19H2,1-5H3,(H,33,34)(H,35,38)/t24?,25-/m1/s1. The summed E-state index contributed by atoms with van der Waals surface area (Å²) in [5.74, 6) is -0.661. The first-order valence-corrected chi connectivity index (χ1v) is 14.5.